The molecule has 2 fully saturated rings. The molecule has 0 spiro atoms. The van der Waals surface area contributed by atoms with Crippen molar-refractivity contribution in [2.45, 2.75) is 45.9 Å². The number of benzene rings is 2. The van der Waals surface area contributed by atoms with Gasteiger partial charge in [-0.05, 0) is 61.9 Å². The molecule has 4 rings (SSSR count). The Hall–Kier alpha value is -4.25. The van der Waals surface area contributed by atoms with Gasteiger partial charge in [0, 0.05) is 0 Å². The summed E-state index contributed by atoms with van der Waals surface area (Å²) in [5.41, 5.74) is 2.14. The number of hydrogen-bond acceptors (Lipinski definition) is 9. The van der Waals surface area contributed by atoms with Gasteiger partial charge >= 0.3 is 29.8 Å². The lowest BCUT2D eigenvalue weighted by Crippen LogP contribution is -2.45. The lowest BCUT2D eigenvalue weighted by Gasteiger charge is -2.21. The third-order valence-electron chi connectivity index (χ3n) is 7.32. The molecule has 0 amide bonds. The number of fused-ring (bicyclic) bond motifs is 1. The second-order valence-corrected chi connectivity index (χ2v) is 10.4. The van der Waals surface area contributed by atoms with Crippen LogP contribution >= 0.6 is 0 Å². The Kier molecular flexibility index (Phi) is 9.31. The van der Waals surface area contributed by atoms with Gasteiger partial charge in [0.1, 0.15) is 6.04 Å². The van der Waals surface area contributed by atoms with E-state index in [-0.39, 0.29) is 23.1 Å². The highest BCUT2D eigenvalue weighted by Gasteiger charge is 2.66. The lowest BCUT2D eigenvalue weighted by molar-refractivity contribution is -0.166. The number of piperidine rings is 1. The average Bonchev–Trinajstić information content (AvgIpc) is 3.22. The highest BCUT2D eigenvalue weighted by Crippen LogP contribution is 2.62. The van der Waals surface area contributed by atoms with Gasteiger partial charge < -0.3 is 29.7 Å². The minimum absolute atomic E-state index is 0.0332. The molecule has 5 unspecified atom stereocenters. The average molecular weight is 556 g/mol. The molecule has 1 heterocycles. The number of carbonyl (C=O) groups excluding carboxylic acids is 3. The van der Waals surface area contributed by atoms with Gasteiger partial charge in [0.15, 0.2) is 0 Å². The van der Waals surface area contributed by atoms with Crippen molar-refractivity contribution in [1.82, 2.24) is 5.32 Å². The number of carboxylic acid groups (broad SMARTS) is 2. The fourth-order valence-electron chi connectivity index (χ4n) is 4.81. The molecular weight excluding hydrogens is 522 g/mol. The molecule has 1 saturated carbocycles. The van der Waals surface area contributed by atoms with E-state index in [0.29, 0.717) is 17.3 Å². The van der Waals surface area contributed by atoms with Gasteiger partial charge in [-0.2, -0.15) is 0 Å². The summed E-state index contributed by atoms with van der Waals surface area (Å²) in [5, 5.41) is 21.8. The predicted octanol–water partition coefficient (Wildman–Crippen LogP) is 2.63. The van der Waals surface area contributed by atoms with Crippen LogP contribution in [-0.4, -0.2) is 72.0 Å². The number of aryl methyl sites for hydroxylation is 2. The van der Waals surface area contributed by atoms with Crippen molar-refractivity contribution in [2.75, 3.05) is 13.7 Å². The highest BCUT2D eigenvalue weighted by atomic mass is 16.6. The summed E-state index contributed by atoms with van der Waals surface area (Å²) in [6.07, 6.45) is -4.44. The quantitative estimate of drug-likeness (QED) is 0.324. The van der Waals surface area contributed by atoms with E-state index in [4.69, 9.17) is 14.2 Å². The number of carbonyl (C=O) groups is 5. The van der Waals surface area contributed by atoms with E-state index in [1.54, 1.807) is 38.1 Å². The van der Waals surface area contributed by atoms with Crippen LogP contribution in [0.25, 0.3) is 0 Å². The number of esters is 3. The number of hydrogen-bond donors (Lipinski definition) is 3. The van der Waals surface area contributed by atoms with Crippen molar-refractivity contribution in [3.8, 4) is 0 Å². The zero-order valence-electron chi connectivity index (χ0n) is 22.9. The van der Waals surface area contributed by atoms with Crippen LogP contribution in [0.15, 0.2) is 48.5 Å². The first-order chi connectivity index (χ1) is 18.8. The van der Waals surface area contributed by atoms with Crippen molar-refractivity contribution < 1.29 is 48.4 Å². The van der Waals surface area contributed by atoms with Crippen molar-refractivity contribution in [3.63, 3.8) is 0 Å². The van der Waals surface area contributed by atoms with Gasteiger partial charge in [-0.15, -0.1) is 0 Å². The van der Waals surface area contributed by atoms with Crippen LogP contribution in [-0.2, 0) is 28.6 Å². The molecule has 0 aromatic heterocycles. The Morgan fingerprint density at radius 2 is 1.20 bits per heavy atom. The largest absolute Gasteiger partial charge is 0.478 e. The second-order valence-electron chi connectivity index (χ2n) is 10.4. The number of methoxy groups -OCH3 is 1. The van der Waals surface area contributed by atoms with Crippen LogP contribution in [0.4, 0.5) is 0 Å². The molecule has 1 aliphatic carbocycles. The molecule has 2 aliphatic rings. The Labute approximate surface area is 231 Å². The van der Waals surface area contributed by atoms with Crippen LogP contribution in [0.3, 0.4) is 0 Å². The smallest absolute Gasteiger partial charge is 0.349 e. The van der Waals surface area contributed by atoms with Crippen LogP contribution in [0.1, 0.15) is 45.7 Å². The SMILES string of the molecule is COC(=O)C1NCC2C1C2(C)C.Cc1ccc(C(=O)OC(C(=O)O)C(OC(=O)c2ccc(C)cc2)C(=O)O)cc1. The lowest BCUT2D eigenvalue weighted by atomic mass is 10.0. The van der Waals surface area contributed by atoms with Crippen molar-refractivity contribution >= 4 is 29.8 Å². The van der Waals surface area contributed by atoms with E-state index in [1.807, 2.05) is 0 Å². The summed E-state index contributed by atoms with van der Waals surface area (Å²) < 4.78 is 14.4. The summed E-state index contributed by atoms with van der Waals surface area (Å²) in [4.78, 5) is 58.6. The number of aliphatic carboxylic acids is 2. The molecule has 1 saturated heterocycles. The Morgan fingerprint density at radius 3 is 1.50 bits per heavy atom. The van der Waals surface area contributed by atoms with Gasteiger partial charge in [-0.3, -0.25) is 4.79 Å². The normalized spacial score (nSPS) is 21.4. The number of ether oxygens (including phenoxy) is 3. The molecule has 0 radical (unpaired) electrons. The zero-order chi connectivity index (χ0) is 29.8. The molecule has 5 atom stereocenters. The second kappa shape index (κ2) is 12.3. The summed E-state index contributed by atoms with van der Waals surface area (Å²) in [6, 6.07) is 12.0. The van der Waals surface area contributed by atoms with E-state index in [1.165, 1.54) is 31.4 Å². The van der Waals surface area contributed by atoms with Gasteiger partial charge in [-0.25, -0.2) is 19.2 Å². The number of rotatable bonds is 8. The van der Waals surface area contributed by atoms with Gasteiger partial charge in [-0.1, -0.05) is 49.2 Å². The van der Waals surface area contributed by atoms with E-state index in [9.17, 15) is 34.2 Å². The van der Waals surface area contributed by atoms with Crippen molar-refractivity contribution in [2.24, 2.45) is 17.3 Å². The molecular formula is C29H33NO10. The summed E-state index contributed by atoms with van der Waals surface area (Å²) >= 11 is 0. The fourth-order valence-corrected chi connectivity index (χ4v) is 4.81. The maximum Gasteiger partial charge on any atom is 0.349 e. The molecule has 214 valence electrons. The first-order valence-electron chi connectivity index (χ1n) is 12.6. The minimum Gasteiger partial charge on any atom is -0.478 e. The standard InChI is InChI=1S/C20H18O8.C9H15NO2/c1-11-3-7-13(8-4-11)19(25)27-15(17(21)22)16(18(23)24)28-20(26)14-9-5-12(2)6-10-14;1-9(2)5-4-10-7(6(5)9)8(11)12-3/h3-10,15-16H,1-2H3,(H,21,22)(H,23,24);5-7,10H,4H2,1-3H3. The first kappa shape index (κ1) is 30.3. The molecule has 2 aromatic carbocycles. The maximum absolute atomic E-state index is 12.2. The molecule has 2 aromatic rings. The van der Waals surface area contributed by atoms with E-state index >= 15 is 0 Å². The zero-order valence-corrected chi connectivity index (χ0v) is 22.9. The van der Waals surface area contributed by atoms with Crippen LogP contribution in [0.2, 0.25) is 0 Å². The van der Waals surface area contributed by atoms with Gasteiger partial charge in [0.2, 0.25) is 12.2 Å². The molecule has 3 N–H and O–H groups in total. The summed E-state index contributed by atoms with van der Waals surface area (Å²) in [7, 11) is 1.45. The maximum atomic E-state index is 12.2. The number of nitrogens with one attached hydrogen (secondary N) is 1. The monoisotopic (exact) mass is 555 g/mol. The van der Waals surface area contributed by atoms with E-state index < -0.39 is 36.1 Å². The van der Waals surface area contributed by atoms with Crippen LogP contribution < -0.4 is 5.32 Å². The van der Waals surface area contributed by atoms with Crippen molar-refractivity contribution in [1.29, 1.82) is 0 Å². The first-order valence-corrected chi connectivity index (χ1v) is 12.6. The molecule has 11 nitrogen and oxygen atoms in total. The number of carboxylic acids is 2. The third-order valence-corrected chi connectivity index (χ3v) is 7.32. The Balaban J connectivity index is 0.000000302. The highest BCUT2D eigenvalue weighted by molar-refractivity contribution is 5.95. The van der Waals surface area contributed by atoms with Crippen molar-refractivity contribution in [3.05, 3.63) is 70.8 Å². The molecule has 1 aliphatic heterocycles. The van der Waals surface area contributed by atoms with Gasteiger partial charge in [0.25, 0.3) is 0 Å². The van der Waals surface area contributed by atoms with Gasteiger partial charge in [0.05, 0.1) is 18.2 Å². The fraction of sp³-hybridized carbons (Fsp3) is 0.414. The molecule has 40 heavy (non-hydrogen) atoms. The van der Waals surface area contributed by atoms with E-state index in [2.05, 4.69) is 19.2 Å². The summed E-state index contributed by atoms with van der Waals surface area (Å²) in [5.74, 6) is -4.54. The van der Waals surface area contributed by atoms with Crippen LogP contribution in [0.5, 0.6) is 0 Å². The Bertz CT molecular complexity index is 1190. The predicted molar refractivity (Wildman–Crippen MR) is 141 cm³/mol. The summed E-state index contributed by atoms with van der Waals surface area (Å²) in [6.45, 7) is 9.00. The third kappa shape index (κ3) is 6.84. The molecule has 0 bridgehead atoms. The van der Waals surface area contributed by atoms with Crippen LogP contribution in [0, 0.1) is 31.1 Å². The van der Waals surface area contributed by atoms with E-state index in [0.717, 1.165) is 17.7 Å². The minimum atomic E-state index is -2.22. The topological polar surface area (TPSA) is 166 Å². The molecule has 11 heteroatoms. The Morgan fingerprint density at radius 1 is 0.800 bits per heavy atom.